The molecule has 0 saturated carbocycles. The Kier molecular flexibility index (Phi) is 7.17. The second-order valence-electron chi connectivity index (χ2n) is 11.2. The second kappa shape index (κ2) is 9.14. The Morgan fingerprint density at radius 1 is 0.788 bits per heavy atom. The zero-order valence-electron chi connectivity index (χ0n) is 21.0. The minimum Gasteiger partial charge on any atom is -0.455 e. The molecular formula is C22H38N2O7Si2. The number of cyclic esters (lactones) is 2. The molecule has 33 heavy (non-hydrogen) atoms. The monoisotopic (exact) mass is 498 g/mol. The Hall–Kier alpha value is -1.73. The average molecular weight is 499 g/mol. The number of imide groups is 2. The van der Waals surface area contributed by atoms with E-state index in [1.165, 1.54) is 9.80 Å². The van der Waals surface area contributed by atoms with Crippen molar-refractivity contribution in [2.75, 3.05) is 13.2 Å². The predicted octanol–water partition coefficient (Wildman–Crippen LogP) is 3.95. The maximum absolute atomic E-state index is 13.3. The molecule has 11 heteroatoms. The summed E-state index contributed by atoms with van der Waals surface area (Å²) in [5.74, 6) is -0.365. The van der Waals surface area contributed by atoms with Gasteiger partial charge < -0.3 is 13.6 Å². The van der Waals surface area contributed by atoms with E-state index in [-0.39, 0.29) is 72.9 Å². The summed E-state index contributed by atoms with van der Waals surface area (Å²) in [5.41, 5.74) is -0.263. The molecule has 3 rings (SSSR count). The number of carbonyl (C=O) groups excluding carboxylic acids is 4. The van der Waals surface area contributed by atoms with Crippen LogP contribution in [0, 0.1) is 11.8 Å². The lowest BCUT2D eigenvalue weighted by Crippen LogP contribution is -2.45. The topological polar surface area (TPSA) is 102 Å². The van der Waals surface area contributed by atoms with E-state index in [4.69, 9.17) is 13.6 Å². The van der Waals surface area contributed by atoms with Crippen LogP contribution in [-0.2, 0) is 23.2 Å². The van der Waals surface area contributed by atoms with Gasteiger partial charge in [-0.25, -0.2) is 19.4 Å². The second-order valence-corrected chi connectivity index (χ2v) is 19.9. The molecule has 4 atom stereocenters. The summed E-state index contributed by atoms with van der Waals surface area (Å²) in [6.07, 6.45) is -0.907. The van der Waals surface area contributed by atoms with Gasteiger partial charge in [0.2, 0.25) is 11.8 Å². The lowest BCUT2D eigenvalue weighted by atomic mass is 10.0. The average Bonchev–Trinajstić information content (AvgIpc) is 3.29. The highest BCUT2D eigenvalue weighted by atomic mass is 28.4. The smallest absolute Gasteiger partial charge is 0.416 e. The Morgan fingerprint density at radius 2 is 1.12 bits per heavy atom. The van der Waals surface area contributed by atoms with Gasteiger partial charge in [0.25, 0.3) is 0 Å². The quantitative estimate of drug-likeness (QED) is 0.511. The molecule has 186 valence electrons. The lowest BCUT2D eigenvalue weighted by Gasteiger charge is -2.31. The van der Waals surface area contributed by atoms with Gasteiger partial charge in [0, 0.05) is 12.8 Å². The summed E-state index contributed by atoms with van der Waals surface area (Å²) in [6.45, 7) is 16.6. The van der Waals surface area contributed by atoms with Gasteiger partial charge in [-0.1, -0.05) is 27.7 Å². The highest BCUT2D eigenvalue weighted by molar-refractivity contribution is 6.91. The van der Waals surface area contributed by atoms with Gasteiger partial charge in [0.15, 0.2) is 16.6 Å². The molecule has 0 radical (unpaired) electrons. The number of hydrogen-bond donors (Lipinski definition) is 0. The predicted molar refractivity (Wildman–Crippen MR) is 126 cm³/mol. The molecule has 0 aromatic rings. The van der Waals surface area contributed by atoms with Gasteiger partial charge in [-0.2, -0.15) is 0 Å². The van der Waals surface area contributed by atoms with Crippen LogP contribution in [0.1, 0.15) is 40.5 Å². The summed E-state index contributed by atoms with van der Waals surface area (Å²) < 4.78 is 16.9. The van der Waals surface area contributed by atoms with Crippen molar-refractivity contribution in [1.82, 2.24) is 9.80 Å². The first-order valence-corrected chi connectivity index (χ1v) is 17.8. The zero-order chi connectivity index (χ0) is 24.9. The van der Waals surface area contributed by atoms with Crippen LogP contribution in [0.2, 0.25) is 37.3 Å². The molecular weight excluding hydrogens is 460 g/mol. The Morgan fingerprint density at radius 3 is 1.42 bits per heavy atom. The summed E-state index contributed by atoms with van der Waals surface area (Å²) in [5, 5.41) is 0. The first-order valence-electron chi connectivity index (χ1n) is 11.8. The number of nitrogens with zero attached hydrogens (tertiary/aromatic N) is 2. The molecule has 9 nitrogen and oxygen atoms in total. The normalized spacial score (nSPS) is 30.8. The van der Waals surface area contributed by atoms with Gasteiger partial charge >= 0.3 is 12.2 Å². The molecule has 0 N–H and O–H groups in total. The molecule has 3 aliphatic heterocycles. The third-order valence-corrected chi connectivity index (χ3v) is 16.8. The van der Waals surface area contributed by atoms with Crippen molar-refractivity contribution in [3.8, 4) is 0 Å². The number of ether oxygens (including phenoxy) is 2. The maximum Gasteiger partial charge on any atom is 0.416 e. The van der Waals surface area contributed by atoms with Crippen LogP contribution in [0.3, 0.4) is 0 Å². The summed E-state index contributed by atoms with van der Waals surface area (Å²) in [7, 11) is -4.68. The fraction of sp³-hybridized carbons (Fsp3) is 0.818. The Balaban J connectivity index is 1.83. The first kappa shape index (κ1) is 25.9. The van der Waals surface area contributed by atoms with Gasteiger partial charge in [-0.3, -0.25) is 9.59 Å². The fourth-order valence-corrected chi connectivity index (χ4v) is 18.1. The largest absolute Gasteiger partial charge is 0.455 e. The zero-order valence-corrected chi connectivity index (χ0v) is 23.0. The standard InChI is InChI=1S/C22H38N2O7Si2/c1-13(2)15-11-29-21(27)23(15)19(25)9-17-18(33(7,8)31-32(17,5)6)10-20(26)24-16(14(3)4)12-30-22(24)28/h13-18H,9-12H2,1-8H3/t15-,16-,17-,18-/m1/s1. The minimum absolute atomic E-state index is 0.0859. The van der Waals surface area contributed by atoms with E-state index in [2.05, 4.69) is 26.2 Å². The van der Waals surface area contributed by atoms with Gasteiger partial charge in [-0.05, 0) is 49.1 Å². The molecule has 3 saturated heterocycles. The molecule has 0 unspecified atom stereocenters. The molecule has 0 aromatic carbocycles. The van der Waals surface area contributed by atoms with Crippen LogP contribution < -0.4 is 0 Å². The van der Waals surface area contributed by atoms with Crippen molar-refractivity contribution in [2.45, 2.75) is 89.9 Å². The summed E-state index contributed by atoms with van der Waals surface area (Å²) in [4.78, 5) is 53.8. The van der Waals surface area contributed by atoms with Crippen LogP contribution in [0.4, 0.5) is 9.59 Å². The van der Waals surface area contributed by atoms with E-state index in [9.17, 15) is 19.2 Å². The summed E-state index contributed by atoms with van der Waals surface area (Å²) in [6, 6.07) is -0.567. The van der Waals surface area contributed by atoms with Crippen LogP contribution in [0.25, 0.3) is 0 Å². The fourth-order valence-electron chi connectivity index (χ4n) is 5.57. The van der Waals surface area contributed by atoms with E-state index in [0.717, 1.165) is 0 Å². The van der Waals surface area contributed by atoms with Crippen LogP contribution in [0.15, 0.2) is 0 Å². The molecule has 0 aromatic heterocycles. The minimum atomic E-state index is -2.34. The maximum atomic E-state index is 13.3. The van der Waals surface area contributed by atoms with Crippen molar-refractivity contribution in [1.29, 1.82) is 0 Å². The number of hydrogen-bond acceptors (Lipinski definition) is 7. The number of rotatable bonds is 6. The van der Waals surface area contributed by atoms with E-state index in [1.54, 1.807) is 0 Å². The number of carbonyl (C=O) groups is 4. The van der Waals surface area contributed by atoms with E-state index < -0.39 is 28.8 Å². The van der Waals surface area contributed by atoms with E-state index in [0.29, 0.717) is 0 Å². The molecule has 0 bridgehead atoms. The van der Waals surface area contributed by atoms with Crippen molar-refractivity contribution in [3.63, 3.8) is 0 Å². The van der Waals surface area contributed by atoms with Gasteiger partial charge in [0.1, 0.15) is 13.2 Å². The first-order chi connectivity index (χ1) is 15.2. The van der Waals surface area contributed by atoms with Gasteiger partial charge in [-0.15, -0.1) is 0 Å². The highest BCUT2D eigenvalue weighted by Gasteiger charge is 2.58. The Bertz CT molecular complexity index is 764. The lowest BCUT2D eigenvalue weighted by molar-refractivity contribution is -0.131. The third kappa shape index (κ3) is 4.90. The van der Waals surface area contributed by atoms with Gasteiger partial charge in [0.05, 0.1) is 12.1 Å². The SMILES string of the molecule is CC(C)[C@H]1COC(=O)N1C(=O)C[C@@H]1[C@@H](CC(=O)N2C(=O)OC[C@@H]2C(C)C)[Si](C)(C)O[Si]1(C)C. The van der Waals surface area contributed by atoms with Crippen molar-refractivity contribution in [3.05, 3.63) is 0 Å². The third-order valence-electron chi connectivity index (χ3n) is 7.48. The highest BCUT2D eigenvalue weighted by Crippen LogP contribution is 2.54. The molecule has 3 fully saturated rings. The van der Waals surface area contributed by atoms with E-state index >= 15 is 0 Å². The van der Waals surface area contributed by atoms with Crippen molar-refractivity contribution in [2.24, 2.45) is 11.8 Å². The van der Waals surface area contributed by atoms with Crippen LogP contribution >= 0.6 is 0 Å². The molecule has 0 spiro atoms. The summed E-state index contributed by atoms with van der Waals surface area (Å²) >= 11 is 0. The molecule has 3 heterocycles. The molecule has 3 aliphatic rings. The molecule has 0 aliphatic carbocycles. The van der Waals surface area contributed by atoms with E-state index in [1.807, 2.05) is 27.7 Å². The Labute approximate surface area is 198 Å². The van der Waals surface area contributed by atoms with Crippen molar-refractivity contribution >= 4 is 40.6 Å². The van der Waals surface area contributed by atoms with Crippen molar-refractivity contribution < 1.29 is 32.8 Å². The molecule has 4 amide bonds. The number of amides is 4. The van der Waals surface area contributed by atoms with Crippen LogP contribution in [-0.4, -0.2) is 75.7 Å². The van der Waals surface area contributed by atoms with Crippen LogP contribution in [0.5, 0.6) is 0 Å².